The van der Waals surface area contributed by atoms with Crippen molar-refractivity contribution in [3.05, 3.63) is 0 Å². The van der Waals surface area contributed by atoms with Gasteiger partial charge in [-0.2, -0.15) is 4.31 Å². The minimum Gasteiger partial charge on any atom is -0.395 e. The Kier molecular flexibility index (Phi) is 4.82. The van der Waals surface area contributed by atoms with Crippen molar-refractivity contribution < 1.29 is 21.9 Å². The number of nitrogens with zero attached hydrogens (tertiary/aromatic N) is 1. The van der Waals surface area contributed by atoms with Crippen LogP contribution in [0.15, 0.2) is 0 Å². The van der Waals surface area contributed by atoms with Crippen molar-refractivity contribution in [3.8, 4) is 0 Å². The second kappa shape index (κ2) is 4.81. The first-order valence-corrected chi connectivity index (χ1v) is 4.20. The van der Waals surface area contributed by atoms with Crippen LogP contribution >= 0.6 is 11.4 Å². The predicted octanol–water partition coefficient (Wildman–Crippen LogP) is 0.646. The molecule has 70 valence electrons. The number of rotatable bonds is 5. The Balaban J connectivity index is 3.88. The highest BCUT2D eigenvalue weighted by Gasteiger charge is 2.29. The summed E-state index contributed by atoms with van der Waals surface area (Å²) in [6.45, 7) is -2.02. The Hall–Kier alpha value is 0.0200. The fraction of sp³-hybridized carbons (Fsp3) is 1.00. The minimum atomic E-state index is -5.28. The van der Waals surface area contributed by atoms with Gasteiger partial charge in [0.2, 0.25) is 0 Å². The molecule has 0 fully saturated rings. The third-order valence-corrected chi connectivity index (χ3v) is 1.94. The van der Waals surface area contributed by atoms with E-state index in [1.165, 1.54) is 0 Å². The van der Waals surface area contributed by atoms with Crippen LogP contribution in [-0.4, -0.2) is 40.8 Å². The summed E-state index contributed by atoms with van der Waals surface area (Å²) in [6, 6.07) is 0. The summed E-state index contributed by atoms with van der Waals surface area (Å²) in [7, 11) is 0. The zero-order valence-electron chi connectivity index (χ0n) is 5.71. The summed E-state index contributed by atoms with van der Waals surface area (Å²) in [5.41, 5.74) is 0. The predicted molar refractivity (Wildman–Crippen MR) is 36.7 cm³/mol. The Labute approximate surface area is 64.8 Å². The first-order valence-electron chi connectivity index (χ1n) is 2.91. The molecule has 0 aliphatic rings. The van der Waals surface area contributed by atoms with Crippen LogP contribution in [0.3, 0.4) is 0 Å². The lowest BCUT2D eigenvalue weighted by Gasteiger charge is -2.24. The molecule has 0 rings (SSSR count). The summed E-state index contributed by atoms with van der Waals surface area (Å²) in [5, 5.41) is 16.4. The van der Waals surface area contributed by atoms with E-state index in [1.54, 1.807) is 0 Å². The number of aliphatic hydroxyl groups is 2. The largest absolute Gasteiger partial charge is 0.395 e. The highest BCUT2D eigenvalue weighted by atomic mass is 32.3. The van der Waals surface area contributed by atoms with Crippen molar-refractivity contribution in [1.29, 1.82) is 0 Å². The van der Waals surface area contributed by atoms with E-state index in [0.717, 1.165) is 0 Å². The van der Waals surface area contributed by atoms with Gasteiger partial charge in [0.25, 0.3) is 11.4 Å². The Morgan fingerprint density at radius 1 is 1.00 bits per heavy atom. The first kappa shape index (κ1) is 11.0. The molecule has 0 atom stereocenters. The van der Waals surface area contributed by atoms with Crippen molar-refractivity contribution >= 4 is 11.4 Å². The molecule has 0 spiro atoms. The first-order chi connectivity index (χ1) is 5.02. The van der Waals surface area contributed by atoms with Gasteiger partial charge in [0, 0.05) is 13.1 Å². The molecule has 0 aromatic carbocycles. The van der Waals surface area contributed by atoms with Crippen molar-refractivity contribution in [2.24, 2.45) is 0 Å². The summed E-state index contributed by atoms with van der Waals surface area (Å²) in [6.07, 6.45) is 0. The molecule has 0 radical (unpaired) electrons. The van der Waals surface area contributed by atoms with Gasteiger partial charge in [-0.25, -0.2) is 0 Å². The van der Waals surface area contributed by atoms with E-state index in [9.17, 15) is 11.7 Å². The highest BCUT2D eigenvalue weighted by molar-refractivity contribution is 8.18. The van der Waals surface area contributed by atoms with E-state index in [2.05, 4.69) is 0 Å². The van der Waals surface area contributed by atoms with Gasteiger partial charge in [0.05, 0.1) is 13.2 Å². The molecule has 0 aliphatic heterocycles. The molecule has 0 saturated carbocycles. The third kappa shape index (κ3) is 4.46. The van der Waals surface area contributed by atoms with Crippen LogP contribution < -0.4 is 0 Å². The van der Waals surface area contributed by atoms with Crippen molar-refractivity contribution in [1.82, 2.24) is 4.31 Å². The van der Waals surface area contributed by atoms with Crippen LogP contribution in [-0.2, 0) is 0 Å². The molecule has 0 aromatic rings. The number of hydrogen-bond donors (Lipinski definition) is 2. The van der Waals surface area contributed by atoms with Crippen molar-refractivity contribution in [2.75, 3.05) is 26.3 Å². The molecule has 11 heavy (non-hydrogen) atoms. The third-order valence-electron chi connectivity index (χ3n) is 0.992. The summed E-state index contributed by atoms with van der Waals surface area (Å²) in [5.74, 6) is 0. The minimum absolute atomic E-state index is 0.132. The molecule has 2 N–H and O–H groups in total. The highest BCUT2D eigenvalue weighted by Crippen LogP contribution is 2.55. The van der Waals surface area contributed by atoms with Gasteiger partial charge in [0.1, 0.15) is 0 Å². The molecule has 0 heterocycles. The van der Waals surface area contributed by atoms with E-state index in [0.29, 0.717) is 0 Å². The molecule has 0 amide bonds. The van der Waals surface area contributed by atoms with Gasteiger partial charge >= 0.3 is 0 Å². The van der Waals surface area contributed by atoms with Gasteiger partial charge in [0.15, 0.2) is 0 Å². The Bertz CT molecular complexity index is 104. The second-order valence-electron chi connectivity index (χ2n) is 1.76. The van der Waals surface area contributed by atoms with Crippen molar-refractivity contribution in [2.45, 2.75) is 0 Å². The fourth-order valence-electron chi connectivity index (χ4n) is 0.542. The summed E-state index contributed by atoms with van der Waals surface area (Å²) < 4.78 is 35.8. The van der Waals surface area contributed by atoms with Crippen LogP contribution in [0.2, 0.25) is 0 Å². The summed E-state index contributed by atoms with van der Waals surface area (Å²) in [4.78, 5) is 0. The average Bonchev–Trinajstić information content (AvgIpc) is 1.85. The van der Waals surface area contributed by atoms with Gasteiger partial charge < -0.3 is 10.2 Å². The quantitative estimate of drug-likeness (QED) is 0.673. The van der Waals surface area contributed by atoms with Crippen LogP contribution in [0.1, 0.15) is 0 Å². The van der Waals surface area contributed by atoms with Crippen LogP contribution in [0.4, 0.5) is 11.7 Å². The smallest absolute Gasteiger partial charge is 0.278 e. The van der Waals surface area contributed by atoms with Crippen LogP contribution in [0.25, 0.3) is 0 Å². The lowest BCUT2D eigenvalue weighted by Crippen LogP contribution is -2.27. The SMILES string of the molecule is OCCN(CCO)S(F)(F)F. The maximum atomic E-state index is 11.9. The van der Waals surface area contributed by atoms with Crippen LogP contribution in [0, 0.1) is 0 Å². The molecule has 0 bridgehead atoms. The maximum absolute atomic E-state index is 11.9. The van der Waals surface area contributed by atoms with Gasteiger partial charge in [-0.1, -0.05) is 0 Å². The fourth-order valence-corrected chi connectivity index (χ4v) is 1.12. The number of aliphatic hydroxyl groups excluding tert-OH is 2. The van der Waals surface area contributed by atoms with E-state index < -0.39 is 37.7 Å². The Morgan fingerprint density at radius 2 is 1.36 bits per heavy atom. The van der Waals surface area contributed by atoms with Gasteiger partial charge in [-0.3, -0.25) is 0 Å². The van der Waals surface area contributed by atoms with E-state index in [-0.39, 0.29) is 4.31 Å². The summed E-state index contributed by atoms with van der Waals surface area (Å²) >= 11 is -5.28. The van der Waals surface area contributed by atoms with Crippen molar-refractivity contribution in [3.63, 3.8) is 0 Å². The molecule has 0 aliphatic carbocycles. The van der Waals surface area contributed by atoms with Crippen LogP contribution in [0.5, 0.6) is 0 Å². The molecule has 0 unspecified atom stereocenters. The molecular weight excluding hydrogens is 183 g/mol. The molecule has 3 nitrogen and oxygen atoms in total. The molecule has 7 heteroatoms. The lowest BCUT2D eigenvalue weighted by molar-refractivity contribution is 0.211. The zero-order valence-corrected chi connectivity index (χ0v) is 6.53. The lowest BCUT2D eigenvalue weighted by atomic mass is 10.6. The van der Waals surface area contributed by atoms with E-state index in [4.69, 9.17) is 10.2 Å². The monoisotopic (exact) mass is 193 g/mol. The Morgan fingerprint density at radius 3 is 1.55 bits per heavy atom. The van der Waals surface area contributed by atoms with E-state index in [1.807, 2.05) is 0 Å². The molecule has 0 saturated heterocycles. The molecular formula is C4H10F3NO2S. The second-order valence-corrected chi connectivity index (χ2v) is 3.04. The van der Waals surface area contributed by atoms with E-state index >= 15 is 0 Å². The standard InChI is InChI=1S/C4H10F3NO2S/c5-11(6,7)8(1-3-9)2-4-10/h9-10H,1-4H2. The number of halogens is 3. The average molecular weight is 193 g/mol. The molecule has 0 aromatic heterocycles. The van der Waals surface area contributed by atoms with Gasteiger partial charge in [-0.15, -0.1) is 11.7 Å². The van der Waals surface area contributed by atoms with Gasteiger partial charge in [-0.05, 0) is 0 Å². The topological polar surface area (TPSA) is 43.7 Å². The zero-order chi connectivity index (χ0) is 8.91. The maximum Gasteiger partial charge on any atom is 0.278 e. The number of hydrogen-bond acceptors (Lipinski definition) is 3. The normalized spacial score (nSPS) is 14.0.